The molecule has 1 heterocycles. The summed E-state index contributed by atoms with van der Waals surface area (Å²) in [6.07, 6.45) is 0. The summed E-state index contributed by atoms with van der Waals surface area (Å²) in [5, 5.41) is 3.82. The highest BCUT2D eigenvalue weighted by molar-refractivity contribution is 6.31. The molecule has 2 aromatic carbocycles. The minimum absolute atomic E-state index is 0.0878. The summed E-state index contributed by atoms with van der Waals surface area (Å²) >= 11 is 6.04. The van der Waals surface area contributed by atoms with Crippen LogP contribution in [0.3, 0.4) is 0 Å². The SMILES string of the molecule is COc1cccc2cc(C(=O)Nc3cccc(Cl)c3C)c(=O)oc12. The van der Waals surface area contributed by atoms with Gasteiger partial charge in [-0.1, -0.05) is 29.8 Å². The molecular weight excluding hydrogens is 330 g/mol. The molecule has 0 aliphatic rings. The Hall–Kier alpha value is -2.79. The number of para-hydroxylation sites is 1. The predicted molar refractivity (Wildman–Crippen MR) is 93.2 cm³/mol. The summed E-state index contributed by atoms with van der Waals surface area (Å²) < 4.78 is 10.4. The third-order valence-electron chi connectivity index (χ3n) is 3.70. The molecule has 0 bridgehead atoms. The topological polar surface area (TPSA) is 68.5 Å². The molecule has 122 valence electrons. The van der Waals surface area contributed by atoms with E-state index in [0.717, 1.165) is 5.56 Å². The molecule has 0 unspecified atom stereocenters. The number of methoxy groups -OCH3 is 1. The Morgan fingerprint density at radius 2 is 1.96 bits per heavy atom. The molecule has 1 aromatic heterocycles. The van der Waals surface area contributed by atoms with E-state index in [9.17, 15) is 9.59 Å². The lowest BCUT2D eigenvalue weighted by Gasteiger charge is -2.09. The predicted octanol–water partition coefficient (Wildman–Crippen LogP) is 4.02. The molecule has 0 aliphatic heterocycles. The van der Waals surface area contributed by atoms with Crippen molar-refractivity contribution in [2.24, 2.45) is 0 Å². The first-order valence-electron chi connectivity index (χ1n) is 7.18. The van der Waals surface area contributed by atoms with Crippen LogP contribution in [0.1, 0.15) is 15.9 Å². The fourth-order valence-corrected chi connectivity index (χ4v) is 2.54. The molecule has 0 atom stereocenters. The first-order valence-corrected chi connectivity index (χ1v) is 7.56. The molecule has 3 aromatic rings. The number of ether oxygens (including phenoxy) is 1. The van der Waals surface area contributed by atoms with Crippen LogP contribution in [0.2, 0.25) is 5.02 Å². The number of hydrogen-bond donors (Lipinski definition) is 1. The quantitative estimate of drug-likeness (QED) is 0.729. The second-order valence-corrected chi connectivity index (χ2v) is 5.60. The van der Waals surface area contributed by atoms with Crippen LogP contribution in [0.4, 0.5) is 5.69 Å². The van der Waals surface area contributed by atoms with Crippen LogP contribution in [0, 0.1) is 6.92 Å². The molecule has 5 nitrogen and oxygen atoms in total. The van der Waals surface area contributed by atoms with Crippen molar-refractivity contribution in [3.63, 3.8) is 0 Å². The van der Waals surface area contributed by atoms with Crippen molar-refractivity contribution in [3.05, 3.63) is 69.0 Å². The number of benzene rings is 2. The highest BCUT2D eigenvalue weighted by Crippen LogP contribution is 2.26. The van der Waals surface area contributed by atoms with Crippen molar-refractivity contribution in [1.29, 1.82) is 0 Å². The number of amides is 1. The summed E-state index contributed by atoms with van der Waals surface area (Å²) in [5.74, 6) is -0.124. The van der Waals surface area contributed by atoms with Crippen molar-refractivity contribution in [3.8, 4) is 5.75 Å². The monoisotopic (exact) mass is 343 g/mol. The summed E-state index contributed by atoms with van der Waals surface area (Å²) in [6, 6.07) is 11.8. The van der Waals surface area contributed by atoms with Gasteiger partial charge >= 0.3 is 5.63 Å². The maximum absolute atomic E-state index is 12.5. The van der Waals surface area contributed by atoms with Gasteiger partial charge in [0.1, 0.15) is 5.56 Å². The van der Waals surface area contributed by atoms with Crippen LogP contribution in [0.5, 0.6) is 5.75 Å². The maximum Gasteiger partial charge on any atom is 0.349 e. The molecule has 24 heavy (non-hydrogen) atoms. The Labute approximate surface area is 142 Å². The van der Waals surface area contributed by atoms with Crippen molar-refractivity contribution < 1.29 is 13.9 Å². The Morgan fingerprint density at radius 3 is 2.71 bits per heavy atom. The van der Waals surface area contributed by atoms with Gasteiger partial charge in [-0.05, 0) is 36.8 Å². The number of hydrogen-bond acceptors (Lipinski definition) is 4. The van der Waals surface area contributed by atoms with Crippen molar-refractivity contribution in [2.45, 2.75) is 6.92 Å². The molecule has 0 radical (unpaired) electrons. The Bertz CT molecular complexity index is 994. The average Bonchev–Trinajstić information content (AvgIpc) is 2.57. The number of rotatable bonds is 3. The number of nitrogens with one attached hydrogen (secondary N) is 1. The number of carbonyl (C=O) groups excluding carboxylic acids is 1. The van der Waals surface area contributed by atoms with Gasteiger partial charge in [0.2, 0.25) is 0 Å². The fraction of sp³-hybridized carbons (Fsp3) is 0.111. The molecule has 6 heteroatoms. The van der Waals surface area contributed by atoms with Gasteiger partial charge in [0.15, 0.2) is 11.3 Å². The Balaban J connectivity index is 2.03. The van der Waals surface area contributed by atoms with Gasteiger partial charge in [0, 0.05) is 16.1 Å². The molecule has 0 spiro atoms. The van der Waals surface area contributed by atoms with Crippen LogP contribution < -0.4 is 15.7 Å². The van der Waals surface area contributed by atoms with E-state index in [0.29, 0.717) is 27.4 Å². The van der Waals surface area contributed by atoms with E-state index >= 15 is 0 Å². The van der Waals surface area contributed by atoms with Gasteiger partial charge in [-0.15, -0.1) is 0 Å². The molecule has 3 rings (SSSR count). The summed E-state index contributed by atoms with van der Waals surface area (Å²) in [6.45, 7) is 1.78. The van der Waals surface area contributed by atoms with E-state index in [1.165, 1.54) is 13.2 Å². The summed E-state index contributed by atoms with van der Waals surface area (Å²) in [4.78, 5) is 24.6. The summed E-state index contributed by atoms with van der Waals surface area (Å²) in [7, 11) is 1.48. The second-order valence-electron chi connectivity index (χ2n) is 5.19. The van der Waals surface area contributed by atoms with E-state index in [2.05, 4.69) is 5.32 Å². The lowest BCUT2D eigenvalue weighted by molar-refractivity contribution is 0.102. The van der Waals surface area contributed by atoms with Crippen LogP contribution >= 0.6 is 11.6 Å². The standard InChI is InChI=1S/C18H14ClNO4/c1-10-13(19)6-4-7-14(10)20-17(21)12-9-11-5-3-8-15(23-2)16(11)24-18(12)22/h3-9H,1-2H3,(H,20,21). The Kier molecular flexibility index (Phi) is 4.27. The van der Waals surface area contributed by atoms with Crippen LogP contribution in [0.25, 0.3) is 11.0 Å². The lowest BCUT2D eigenvalue weighted by atomic mass is 10.1. The second kappa shape index (κ2) is 6.37. The number of carbonyl (C=O) groups is 1. The van der Waals surface area contributed by atoms with E-state index in [1.807, 2.05) is 0 Å². The van der Waals surface area contributed by atoms with E-state index in [1.54, 1.807) is 43.3 Å². The molecule has 1 N–H and O–H groups in total. The molecular formula is C18H14ClNO4. The fourth-order valence-electron chi connectivity index (χ4n) is 2.37. The zero-order valence-electron chi connectivity index (χ0n) is 13.1. The number of halogens is 1. The maximum atomic E-state index is 12.5. The molecule has 0 fully saturated rings. The van der Waals surface area contributed by atoms with E-state index in [-0.39, 0.29) is 5.56 Å². The Morgan fingerprint density at radius 1 is 1.21 bits per heavy atom. The van der Waals surface area contributed by atoms with Gasteiger partial charge in [-0.2, -0.15) is 0 Å². The zero-order chi connectivity index (χ0) is 17.3. The number of anilines is 1. The first-order chi connectivity index (χ1) is 11.5. The lowest BCUT2D eigenvalue weighted by Crippen LogP contribution is -2.21. The van der Waals surface area contributed by atoms with Crippen LogP contribution in [0.15, 0.2) is 51.7 Å². The normalized spacial score (nSPS) is 10.6. The highest BCUT2D eigenvalue weighted by Gasteiger charge is 2.16. The average molecular weight is 344 g/mol. The minimum atomic E-state index is -0.732. The van der Waals surface area contributed by atoms with Crippen molar-refractivity contribution in [1.82, 2.24) is 0 Å². The van der Waals surface area contributed by atoms with Crippen molar-refractivity contribution >= 4 is 34.2 Å². The van der Waals surface area contributed by atoms with Gasteiger partial charge in [0.25, 0.3) is 5.91 Å². The van der Waals surface area contributed by atoms with Gasteiger partial charge < -0.3 is 14.5 Å². The third kappa shape index (κ3) is 2.86. The largest absolute Gasteiger partial charge is 0.493 e. The smallest absolute Gasteiger partial charge is 0.349 e. The highest BCUT2D eigenvalue weighted by atomic mass is 35.5. The van der Waals surface area contributed by atoms with Crippen molar-refractivity contribution in [2.75, 3.05) is 12.4 Å². The van der Waals surface area contributed by atoms with E-state index < -0.39 is 11.5 Å². The molecule has 1 amide bonds. The summed E-state index contributed by atoms with van der Waals surface area (Å²) in [5.41, 5.74) is 0.747. The minimum Gasteiger partial charge on any atom is -0.493 e. The number of fused-ring (bicyclic) bond motifs is 1. The van der Waals surface area contributed by atoms with Gasteiger partial charge in [-0.25, -0.2) is 4.79 Å². The first kappa shape index (κ1) is 16.1. The molecule has 0 saturated carbocycles. The molecule has 0 aliphatic carbocycles. The van der Waals surface area contributed by atoms with Gasteiger partial charge in [0.05, 0.1) is 7.11 Å². The molecule has 0 saturated heterocycles. The van der Waals surface area contributed by atoms with Crippen LogP contribution in [-0.2, 0) is 0 Å². The van der Waals surface area contributed by atoms with E-state index in [4.69, 9.17) is 20.8 Å². The van der Waals surface area contributed by atoms with Gasteiger partial charge in [-0.3, -0.25) is 4.79 Å². The zero-order valence-corrected chi connectivity index (χ0v) is 13.8. The third-order valence-corrected chi connectivity index (χ3v) is 4.11. The van der Waals surface area contributed by atoms with Crippen LogP contribution in [-0.4, -0.2) is 13.0 Å².